The summed E-state index contributed by atoms with van der Waals surface area (Å²) in [5.74, 6) is -0.942. The minimum Gasteiger partial charge on any atom is -0.480 e. The van der Waals surface area contributed by atoms with Crippen molar-refractivity contribution < 1.29 is 19.5 Å². The Kier molecular flexibility index (Phi) is 7.78. The van der Waals surface area contributed by atoms with Gasteiger partial charge in [0.25, 0.3) is 5.91 Å². The monoisotopic (exact) mass is 415 g/mol. The minimum atomic E-state index is -0.850. The third-order valence-electron chi connectivity index (χ3n) is 5.18. The van der Waals surface area contributed by atoms with Crippen LogP contribution in [0, 0.1) is 0 Å². The maximum Gasteiger partial charge on any atom is 0.317 e. The number of oxime groups is 1. The van der Waals surface area contributed by atoms with Crippen LogP contribution >= 0.6 is 0 Å². The fourth-order valence-electron chi connectivity index (χ4n) is 3.40. The molecule has 3 rings (SSSR count). The van der Waals surface area contributed by atoms with Crippen molar-refractivity contribution in [2.45, 2.75) is 32.3 Å². The van der Waals surface area contributed by atoms with E-state index in [2.05, 4.69) is 22.6 Å². The quantitative estimate of drug-likeness (QED) is 0.356. The van der Waals surface area contributed by atoms with E-state index in [-0.39, 0.29) is 12.5 Å². The second kappa shape index (κ2) is 10.7. The molecule has 1 unspecified atom stereocenters. The molecule has 0 aliphatic carbocycles. The molecule has 0 spiro atoms. The minimum absolute atomic E-state index is 0.00469. The van der Waals surface area contributed by atoms with Crippen LogP contribution in [-0.2, 0) is 14.4 Å². The highest BCUT2D eigenvalue weighted by Crippen LogP contribution is 2.19. The van der Waals surface area contributed by atoms with Gasteiger partial charge in [-0.2, -0.15) is 5.10 Å². The van der Waals surface area contributed by atoms with Crippen molar-refractivity contribution in [3.05, 3.63) is 35.4 Å². The Bertz CT molecular complexity index is 785. The van der Waals surface area contributed by atoms with E-state index in [1.807, 2.05) is 29.2 Å². The molecule has 162 valence electrons. The van der Waals surface area contributed by atoms with Crippen molar-refractivity contribution in [3.8, 4) is 0 Å². The predicted molar refractivity (Wildman–Crippen MR) is 114 cm³/mol. The summed E-state index contributed by atoms with van der Waals surface area (Å²) in [4.78, 5) is 32.5. The van der Waals surface area contributed by atoms with Gasteiger partial charge in [0, 0.05) is 39.1 Å². The van der Waals surface area contributed by atoms with Crippen LogP contribution < -0.4 is 5.43 Å². The van der Waals surface area contributed by atoms with E-state index in [0.717, 1.165) is 36.2 Å². The van der Waals surface area contributed by atoms with Gasteiger partial charge in [0.05, 0.1) is 18.5 Å². The van der Waals surface area contributed by atoms with Crippen molar-refractivity contribution in [2.24, 2.45) is 10.3 Å². The number of aliphatic carboxylic acids is 1. The zero-order valence-electron chi connectivity index (χ0n) is 17.3. The van der Waals surface area contributed by atoms with E-state index < -0.39 is 12.1 Å². The maximum absolute atomic E-state index is 12.7. The fraction of sp³-hybridized carbons (Fsp3) is 0.524. The normalized spacial score (nSPS) is 19.6. The molecular formula is C21H29N5O4. The van der Waals surface area contributed by atoms with Gasteiger partial charge in [-0.15, -0.1) is 0 Å². The number of nitrogens with zero attached hydrogens (tertiary/aromatic N) is 4. The molecule has 1 fully saturated rings. The van der Waals surface area contributed by atoms with Gasteiger partial charge in [-0.05, 0) is 17.5 Å². The molecule has 2 heterocycles. The number of carbonyl (C=O) groups excluding carboxylic acids is 1. The summed E-state index contributed by atoms with van der Waals surface area (Å²) < 4.78 is 0. The summed E-state index contributed by atoms with van der Waals surface area (Å²) in [7, 11) is 0. The van der Waals surface area contributed by atoms with E-state index in [1.165, 1.54) is 0 Å². The zero-order chi connectivity index (χ0) is 21.3. The molecule has 1 atom stereocenters. The van der Waals surface area contributed by atoms with E-state index >= 15 is 0 Å². The lowest BCUT2D eigenvalue weighted by Crippen LogP contribution is -2.52. The maximum atomic E-state index is 12.7. The van der Waals surface area contributed by atoms with Crippen LogP contribution in [0.5, 0.6) is 0 Å². The molecule has 1 aromatic carbocycles. The Morgan fingerprint density at radius 2 is 2.00 bits per heavy atom. The first-order chi connectivity index (χ1) is 14.6. The van der Waals surface area contributed by atoms with Gasteiger partial charge >= 0.3 is 5.97 Å². The van der Waals surface area contributed by atoms with Crippen LogP contribution in [0.1, 0.15) is 37.3 Å². The first-order valence-corrected chi connectivity index (χ1v) is 10.4. The lowest BCUT2D eigenvalue weighted by molar-refractivity contribution is -0.144. The van der Waals surface area contributed by atoms with Crippen LogP contribution in [0.3, 0.4) is 0 Å². The number of hydrogen-bond acceptors (Lipinski definition) is 7. The number of hydrazone groups is 1. The lowest BCUT2D eigenvalue weighted by Gasteiger charge is -2.34. The molecule has 1 saturated heterocycles. The van der Waals surface area contributed by atoms with Gasteiger partial charge in [0.2, 0.25) is 6.10 Å². The van der Waals surface area contributed by atoms with Gasteiger partial charge in [-0.3, -0.25) is 14.5 Å². The molecule has 1 amide bonds. The molecular weight excluding hydrogens is 386 g/mol. The largest absolute Gasteiger partial charge is 0.480 e. The number of piperazine rings is 1. The van der Waals surface area contributed by atoms with E-state index in [1.54, 1.807) is 11.1 Å². The van der Waals surface area contributed by atoms with Crippen LogP contribution in [0.2, 0.25) is 0 Å². The topological polar surface area (TPSA) is 107 Å². The smallest absolute Gasteiger partial charge is 0.317 e. The molecule has 0 aromatic heterocycles. The number of nitrogens with one attached hydrogen (secondary N) is 1. The Morgan fingerprint density at radius 1 is 1.27 bits per heavy atom. The molecule has 0 saturated carbocycles. The summed E-state index contributed by atoms with van der Waals surface area (Å²) in [6.45, 7) is 5.11. The summed E-state index contributed by atoms with van der Waals surface area (Å²) >= 11 is 0. The number of hydrogen-bond donors (Lipinski definition) is 2. The SMILES string of the molecule is CCCCNN=Cc1ccc(C2=NOC(C(=O)N3CCN(CC(=O)O)CC3)C2)cc1. The van der Waals surface area contributed by atoms with E-state index in [9.17, 15) is 9.59 Å². The number of unbranched alkanes of at least 4 members (excludes halogenated alkanes) is 1. The van der Waals surface area contributed by atoms with Crippen molar-refractivity contribution in [2.75, 3.05) is 39.3 Å². The zero-order valence-corrected chi connectivity index (χ0v) is 17.3. The molecule has 2 aliphatic heterocycles. The Morgan fingerprint density at radius 3 is 2.67 bits per heavy atom. The van der Waals surface area contributed by atoms with Crippen LogP contribution in [-0.4, -0.2) is 84.1 Å². The Balaban J connectivity index is 1.46. The number of benzene rings is 1. The van der Waals surface area contributed by atoms with Crippen molar-refractivity contribution >= 4 is 23.8 Å². The highest BCUT2D eigenvalue weighted by atomic mass is 16.6. The van der Waals surface area contributed by atoms with Gasteiger partial charge in [0.1, 0.15) is 0 Å². The van der Waals surface area contributed by atoms with E-state index in [0.29, 0.717) is 32.6 Å². The molecule has 9 nitrogen and oxygen atoms in total. The van der Waals surface area contributed by atoms with Crippen LogP contribution in [0.15, 0.2) is 34.5 Å². The fourth-order valence-corrected chi connectivity index (χ4v) is 3.40. The summed E-state index contributed by atoms with van der Waals surface area (Å²) in [6.07, 6.45) is 3.82. The number of carboxylic acid groups (broad SMARTS) is 1. The summed E-state index contributed by atoms with van der Waals surface area (Å²) in [5.41, 5.74) is 5.67. The Hall–Kier alpha value is -2.94. The number of amides is 1. The Labute approximate surface area is 176 Å². The highest BCUT2D eigenvalue weighted by Gasteiger charge is 2.34. The number of carbonyl (C=O) groups is 2. The molecule has 9 heteroatoms. The average Bonchev–Trinajstić information content (AvgIpc) is 3.24. The van der Waals surface area contributed by atoms with Gasteiger partial charge in [-0.25, -0.2) is 0 Å². The molecule has 1 aromatic rings. The summed E-state index contributed by atoms with van der Waals surface area (Å²) in [6, 6.07) is 7.82. The second-order valence-corrected chi connectivity index (χ2v) is 7.47. The second-order valence-electron chi connectivity index (χ2n) is 7.47. The summed E-state index contributed by atoms with van der Waals surface area (Å²) in [5, 5.41) is 17.2. The third kappa shape index (κ3) is 6.03. The van der Waals surface area contributed by atoms with Gasteiger partial charge < -0.3 is 20.3 Å². The van der Waals surface area contributed by atoms with Gasteiger partial charge in [-0.1, -0.05) is 42.8 Å². The van der Waals surface area contributed by atoms with Crippen molar-refractivity contribution in [1.29, 1.82) is 0 Å². The lowest BCUT2D eigenvalue weighted by atomic mass is 10.0. The first-order valence-electron chi connectivity index (χ1n) is 10.4. The standard InChI is InChI=1S/C21H29N5O4/c1-2-3-8-22-23-14-16-4-6-17(7-5-16)18-13-19(30-24-18)21(29)26-11-9-25(10-12-26)15-20(27)28/h4-7,14,19,22H,2-3,8-13,15H2,1H3,(H,27,28). The first kappa shape index (κ1) is 21.8. The molecule has 30 heavy (non-hydrogen) atoms. The molecule has 2 aliphatic rings. The van der Waals surface area contributed by atoms with Gasteiger partial charge in [0.15, 0.2) is 0 Å². The highest BCUT2D eigenvalue weighted by molar-refractivity contribution is 6.04. The third-order valence-corrected chi connectivity index (χ3v) is 5.18. The number of carboxylic acids is 1. The van der Waals surface area contributed by atoms with Crippen molar-refractivity contribution in [3.63, 3.8) is 0 Å². The average molecular weight is 415 g/mol. The number of rotatable bonds is 9. The van der Waals surface area contributed by atoms with Crippen molar-refractivity contribution in [1.82, 2.24) is 15.2 Å². The van der Waals surface area contributed by atoms with Crippen LogP contribution in [0.4, 0.5) is 0 Å². The van der Waals surface area contributed by atoms with Crippen LogP contribution in [0.25, 0.3) is 0 Å². The van der Waals surface area contributed by atoms with E-state index in [4.69, 9.17) is 9.94 Å². The molecule has 2 N–H and O–H groups in total. The molecule has 0 bridgehead atoms. The molecule has 0 radical (unpaired) electrons. The predicted octanol–water partition coefficient (Wildman–Crippen LogP) is 1.13.